The molecule has 0 spiro atoms. The van der Waals surface area contributed by atoms with E-state index >= 15 is 0 Å². The maximum Gasteiger partial charge on any atom is 0.240 e. The van der Waals surface area contributed by atoms with Crippen LogP contribution in [0.3, 0.4) is 0 Å². The summed E-state index contributed by atoms with van der Waals surface area (Å²) in [7, 11) is 0. The Bertz CT molecular complexity index is 3660. The lowest BCUT2D eigenvalue weighted by Gasteiger charge is -2.13. The van der Waals surface area contributed by atoms with Gasteiger partial charge < -0.3 is 4.57 Å². The first kappa shape index (κ1) is 30.4. The molecule has 7 nitrogen and oxygen atoms in total. The quantitative estimate of drug-likeness (QED) is 0.178. The molecule has 13 aromatic rings. The van der Waals surface area contributed by atoms with E-state index in [-0.39, 0.29) is 0 Å². The Morgan fingerprint density at radius 3 is 1.35 bits per heavy atom. The number of pyridine rings is 1. The monoisotopic (exact) mass is 727 g/mol. The van der Waals surface area contributed by atoms with Gasteiger partial charge in [0.2, 0.25) is 11.6 Å². The smallest absolute Gasteiger partial charge is 0.240 e. The van der Waals surface area contributed by atoms with E-state index in [9.17, 15) is 0 Å². The second-order valence-electron chi connectivity index (χ2n) is 14.7. The van der Waals surface area contributed by atoms with E-state index < -0.39 is 0 Å². The Balaban J connectivity index is 1.32. The molecule has 0 fully saturated rings. The molecule has 0 aliphatic rings. The minimum absolute atomic E-state index is 0.543. The minimum atomic E-state index is 0.543. The summed E-state index contributed by atoms with van der Waals surface area (Å²) in [4.78, 5) is 21.2. The predicted molar refractivity (Wildman–Crippen MR) is 233 cm³/mol. The van der Waals surface area contributed by atoms with Crippen molar-refractivity contribution in [2.75, 3.05) is 0 Å². The van der Waals surface area contributed by atoms with E-state index in [0.29, 0.717) is 17.4 Å². The predicted octanol–water partition coefficient (Wildman–Crippen LogP) is 12.0. The molecule has 0 saturated carbocycles. The number of rotatable bonds is 2. The van der Waals surface area contributed by atoms with Crippen LogP contribution in [0.1, 0.15) is 0 Å². The van der Waals surface area contributed by atoms with Gasteiger partial charge in [0.05, 0.1) is 38.8 Å². The van der Waals surface area contributed by atoms with E-state index in [1.54, 1.807) is 0 Å². The van der Waals surface area contributed by atoms with Gasteiger partial charge in [0.15, 0.2) is 5.82 Å². The highest BCUT2D eigenvalue weighted by molar-refractivity contribution is 6.24. The molecule has 0 aliphatic heterocycles. The second-order valence-corrected chi connectivity index (χ2v) is 14.7. The van der Waals surface area contributed by atoms with E-state index in [1.165, 1.54) is 10.8 Å². The summed E-state index contributed by atoms with van der Waals surface area (Å²) in [5.74, 6) is 1.67. The second kappa shape index (κ2) is 11.3. The molecule has 0 atom stereocenters. The van der Waals surface area contributed by atoms with Crippen LogP contribution in [0, 0.1) is 0 Å². The first-order valence-electron chi connectivity index (χ1n) is 19.2. The number of aromatic nitrogens is 7. The van der Waals surface area contributed by atoms with Gasteiger partial charge in [0, 0.05) is 66.4 Å². The number of para-hydroxylation sites is 7. The summed E-state index contributed by atoms with van der Waals surface area (Å²) < 4.78 is 6.81. The highest BCUT2D eigenvalue weighted by atomic mass is 15.2. The number of nitrogens with zero attached hydrogens (tertiary/aromatic N) is 7. The van der Waals surface area contributed by atoms with Crippen molar-refractivity contribution < 1.29 is 0 Å². The molecule has 7 aromatic carbocycles. The lowest BCUT2D eigenvalue weighted by Crippen LogP contribution is -2.04. The minimum Gasteiger partial charge on any atom is -0.309 e. The summed E-state index contributed by atoms with van der Waals surface area (Å²) >= 11 is 0. The Hall–Kier alpha value is -7.90. The zero-order chi connectivity index (χ0) is 37.2. The van der Waals surface area contributed by atoms with Crippen LogP contribution in [0.5, 0.6) is 0 Å². The van der Waals surface area contributed by atoms with Crippen LogP contribution in [0.15, 0.2) is 176 Å². The lowest BCUT2D eigenvalue weighted by atomic mass is 10.0. The molecule has 2 bridgehead atoms. The van der Waals surface area contributed by atoms with Crippen molar-refractivity contribution in [2.24, 2.45) is 0 Å². The number of fused-ring (bicyclic) bond motifs is 16. The molecule has 6 heterocycles. The maximum absolute atomic E-state index is 5.50. The van der Waals surface area contributed by atoms with E-state index in [0.717, 1.165) is 87.4 Å². The van der Waals surface area contributed by atoms with Crippen LogP contribution in [0.2, 0.25) is 0 Å². The number of hydrogen-bond donors (Lipinski definition) is 0. The van der Waals surface area contributed by atoms with Crippen molar-refractivity contribution in [3.8, 4) is 17.1 Å². The van der Waals surface area contributed by atoms with Gasteiger partial charge in [0.25, 0.3) is 0 Å². The van der Waals surface area contributed by atoms with Gasteiger partial charge in [-0.05, 0) is 47.9 Å². The summed E-state index contributed by atoms with van der Waals surface area (Å²) in [5.41, 5.74) is 8.24. The molecule has 0 aliphatic carbocycles. The van der Waals surface area contributed by atoms with E-state index in [1.807, 2.05) is 12.4 Å². The van der Waals surface area contributed by atoms with E-state index in [4.69, 9.17) is 19.9 Å². The Morgan fingerprint density at radius 2 is 0.772 bits per heavy atom. The van der Waals surface area contributed by atoms with Crippen LogP contribution < -0.4 is 0 Å². The SMILES string of the molecule is c1ccc(-n2c3ccccc3c3ccccc32)c(-c2nc3nc(n2)n2c4ccccc4c4cccc(c5cnccc5c5cccc6c7ccccc7n3c56)c42)c1. The first-order valence-corrected chi connectivity index (χ1v) is 19.2. The fraction of sp³-hybridized carbons (Fsp3) is 0. The molecular weight excluding hydrogens is 699 g/mol. The third-order valence-electron chi connectivity index (χ3n) is 11.8. The molecule has 0 radical (unpaired) electrons. The van der Waals surface area contributed by atoms with Gasteiger partial charge in [-0.1, -0.05) is 121 Å². The third-order valence-corrected chi connectivity index (χ3v) is 11.8. The average molecular weight is 728 g/mol. The molecule has 0 amide bonds. The number of benzene rings is 7. The molecular formula is C50H29N7. The standard InChI is InChI=1S/C50H29N7/c1-6-22-41-31(13-1)32-14-2-7-23-42(32)55(41)45-26-10-5-17-39(45)48-52-49-54-50(53-48)57-44-25-9-4-16-34(44)37-20-12-21-38(47(37)57)40-29-51-28-27-30(40)35-18-11-19-36-33-15-3-8-24-43(33)56(49)46(35)36/h1-29H. The molecule has 264 valence electrons. The topological polar surface area (TPSA) is 65.3 Å². The van der Waals surface area contributed by atoms with Gasteiger partial charge in [-0.25, -0.2) is 0 Å². The summed E-state index contributed by atoms with van der Waals surface area (Å²) in [6.45, 7) is 0. The molecule has 57 heavy (non-hydrogen) atoms. The highest BCUT2D eigenvalue weighted by Crippen LogP contribution is 2.40. The molecule has 0 unspecified atom stereocenters. The summed E-state index contributed by atoms with van der Waals surface area (Å²) in [6, 6.07) is 58.0. The van der Waals surface area contributed by atoms with Gasteiger partial charge in [-0.3, -0.25) is 13.8 Å². The number of hydrogen-bond acceptors (Lipinski definition) is 4. The van der Waals surface area contributed by atoms with Crippen molar-refractivity contribution in [1.82, 2.24) is 33.3 Å². The Labute approximate surface area is 324 Å². The van der Waals surface area contributed by atoms with Crippen molar-refractivity contribution >= 4 is 98.5 Å². The fourth-order valence-corrected chi connectivity index (χ4v) is 9.45. The summed E-state index contributed by atoms with van der Waals surface area (Å²) in [5, 5.41) is 11.2. The van der Waals surface area contributed by atoms with Crippen LogP contribution in [0.4, 0.5) is 0 Å². The lowest BCUT2D eigenvalue weighted by molar-refractivity contribution is 1.05. The molecule has 6 aromatic heterocycles. The highest BCUT2D eigenvalue weighted by Gasteiger charge is 2.21. The molecule has 13 rings (SSSR count). The largest absolute Gasteiger partial charge is 0.309 e. The summed E-state index contributed by atoms with van der Waals surface area (Å²) in [6.07, 6.45) is 3.89. The molecule has 0 saturated heterocycles. The van der Waals surface area contributed by atoms with Crippen molar-refractivity contribution in [3.05, 3.63) is 176 Å². The average Bonchev–Trinajstić information content (AvgIpc) is 3.92. The Morgan fingerprint density at radius 1 is 0.333 bits per heavy atom. The fourth-order valence-electron chi connectivity index (χ4n) is 9.45. The van der Waals surface area contributed by atoms with Gasteiger partial charge in [-0.15, -0.1) is 0 Å². The molecule has 7 heteroatoms. The van der Waals surface area contributed by atoms with Gasteiger partial charge in [-0.2, -0.15) is 15.0 Å². The van der Waals surface area contributed by atoms with Crippen LogP contribution in [-0.4, -0.2) is 33.3 Å². The van der Waals surface area contributed by atoms with Crippen molar-refractivity contribution in [1.29, 1.82) is 0 Å². The zero-order valence-corrected chi connectivity index (χ0v) is 30.4. The maximum atomic E-state index is 5.50. The Kier molecular flexibility index (Phi) is 6.04. The van der Waals surface area contributed by atoms with Gasteiger partial charge >= 0.3 is 0 Å². The van der Waals surface area contributed by atoms with Gasteiger partial charge in [0.1, 0.15) is 0 Å². The van der Waals surface area contributed by atoms with E-state index in [2.05, 4.69) is 177 Å². The van der Waals surface area contributed by atoms with Crippen LogP contribution >= 0.6 is 0 Å². The van der Waals surface area contributed by atoms with Crippen LogP contribution in [-0.2, 0) is 0 Å². The van der Waals surface area contributed by atoms with Crippen LogP contribution in [0.25, 0.3) is 116 Å². The molecule has 0 N–H and O–H groups in total. The first-order chi connectivity index (χ1) is 28.3. The third kappa shape index (κ3) is 4.09. The van der Waals surface area contributed by atoms with Crippen molar-refractivity contribution in [2.45, 2.75) is 0 Å². The van der Waals surface area contributed by atoms with Crippen molar-refractivity contribution in [3.63, 3.8) is 0 Å². The zero-order valence-electron chi connectivity index (χ0n) is 30.4. The normalized spacial score (nSPS) is 12.2.